The number of aryl methyl sites for hydroxylation is 1. The van der Waals surface area contributed by atoms with E-state index in [0.29, 0.717) is 13.1 Å². The number of sulfonamides is 1. The second-order valence-corrected chi connectivity index (χ2v) is 6.73. The zero-order chi connectivity index (χ0) is 14.8. The van der Waals surface area contributed by atoms with E-state index in [0.717, 1.165) is 0 Å². The molecule has 0 radical (unpaired) electrons. The van der Waals surface area contributed by atoms with Crippen LogP contribution in [0.2, 0.25) is 0 Å². The van der Waals surface area contributed by atoms with Crippen molar-refractivity contribution in [3.05, 3.63) is 6.20 Å². The van der Waals surface area contributed by atoms with Gasteiger partial charge in [-0.05, 0) is 21.0 Å². The molecule has 19 heavy (non-hydrogen) atoms. The van der Waals surface area contributed by atoms with Crippen molar-refractivity contribution in [1.29, 1.82) is 0 Å². The van der Waals surface area contributed by atoms with E-state index in [1.54, 1.807) is 7.05 Å². The van der Waals surface area contributed by atoms with Crippen LogP contribution in [-0.4, -0.2) is 60.6 Å². The van der Waals surface area contributed by atoms with Gasteiger partial charge in [0.15, 0.2) is 5.82 Å². The molecule has 0 saturated carbocycles. The highest BCUT2D eigenvalue weighted by Crippen LogP contribution is 2.22. The summed E-state index contributed by atoms with van der Waals surface area (Å²) in [5.41, 5.74) is 5.67. The largest absolute Gasteiger partial charge is 0.381 e. The topological polar surface area (TPSA) is 84.5 Å². The van der Waals surface area contributed by atoms with Crippen LogP contribution in [0, 0.1) is 0 Å². The zero-order valence-corrected chi connectivity index (χ0v) is 13.0. The lowest BCUT2D eigenvalue weighted by atomic mass is 10.3. The molecule has 0 bridgehead atoms. The zero-order valence-electron chi connectivity index (χ0n) is 12.2. The summed E-state index contributed by atoms with van der Waals surface area (Å²) in [4.78, 5) is 2.03. The Bertz CT molecular complexity index is 523. The van der Waals surface area contributed by atoms with Crippen molar-refractivity contribution in [3.63, 3.8) is 0 Å². The lowest BCUT2D eigenvalue weighted by molar-refractivity contribution is 0.271. The monoisotopic (exact) mass is 289 g/mol. The first kappa shape index (κ1) is 15.9. The second kappa shape index (κ2) is 5.89. The predicted molar refractivity (Wildman–Crippen MR) is 75.2 cm³/mol. The van der Waals surface area contributed by atoms with Gasteiger partial charge in [-0.1, -0.05) is 6.92 Å². The van der Waals surface area contributed by atoms with Crippen LogP contribution in [0.3, 0.4) is 0 Å². The Kier molecular flexibility index (Phi) is 4.94. The summed E-state index contributed by atoms with van der Waals surface area (Å²) in [6.45, 7) is 4.74. The molecule has 1 heterocycles. The molecule has 1 rings (SSSR count). The van der Waals surface area contributed by atoms with Crippen LogP contribution in [0.5, 0.6) is 0 Å². The average molecular weight is 289 g/mol. The molecule has 0 aliphatic rings. The minimum absolute atomic E-state index is 0.0398. The molecule has 0 fully saturated rings. The van der Waals surface area contributed by atoms with E-state index in [1.165, 1.54) is 15.2 Å². The van der Waals surface area contributed by atoms with E-state index in [1.807, 2.05) is 32.8 Å². The van der Waals surface area contributed by atoms with Crippen molar-refractivity contribution in [3.8, 4) is 0 Å². The summed E-state index contributed by atoms with van der Waals surface area (Å²) in [5, 5.41) is 3.89. The van der Waals surface area contributed by atoms with E-state index in [9.17, 15) is 8.42 Å². The number of nitrogen functional groups attached to an aromatic ring is 1. The lowest BCUT2D eigenvalue weighted by Gasteiger charge is -2.28. The Labute approximate surface area is 115 Å². The molecular formula is C11H23N5O2S. The van der Waals surface area contributed by atoms with Crippen molar-refractivity contribution < 1.29 is 8.42 Å². The van der Waals surface area contributed by atoms with Crippen molar-refractivity contribution in [2.24, 2.45) is 7.05 Å². The van der Waals surface area contributed by atoms with Crippen molar-refractivity contribution in [1.82, 2.24) is 19.0 Å². The van der Waals surface area contributed by atoms with Crippen LogP contribution >= 0.6 is 0 Å². The predicted octanol–water partition coefficient (Wildman–Crippen LogP) is -0.0370. The van der Waals surface area contributed by atoms with E-state index in [4.69, 9.17) is 5.73 Å². The average Bonchev–Trinajstić information content (AvgIpc) is 2.57. The molecule has 1 aromatic rings. The quantitative estimate of drug-likeness (QED) is 0.794. The van der Waals surface area contributed by atoms with Crippen molar-refractivity contribution >= 4 is 15.8 Å². The first-order valence-corrected chi connectivity index (χ1v) is 7.59. The van der Waals surface area contributed by atoms with E-state index in [2.05, 4.69) is 5.10 Å². The first-order chi connectivity index (χ1) is 8.70. The van der Waals surface area contributed by atoms with Gasteiger partial charge in [-0.3, -0.25) is 4.68 Å². The van der Waals surface area contributed by atoms with Crippen LogP contribution in [-0.2, 0) is 17.1 Å². The Morgan fingerprint density at radius 1 is 1.47 bits per heavy atom. The summed E-state index contributed by atoms with van der Waals surface area (Å²) in [6.07, 6.45) is 1.44. The number of rotatable bonds is 6. The fourth-order valence-corrected chi connectivity index (χ4v) is 3.87. The molecule has 0 saturated heterocycles. The Morgan fingerprint density at radius 3 is 2.42 bits per heavy atom. The van der Waals surface area contributed by atoms with Gasteiger partial charge in [-0.25, -0.2) is 8.42 Å². The standard InChI is InChI=1S/C11H23N5O2S/c1-6-16(9(2)7-14(3)4)19(17,18)10-8-15(5)13-11(10)12/h8-9H,6-7H2,1-5H3,(H2,12,13). The van der Waals surface area contributed by atoms with Gasteiger partial charge in [0.05, 0.1) is 0 Å². The lowest BCUT2D eigenvalue weighted by Crippen LogP contribution is -2.43. The highest BCUT2D eigenvalue weighted by Gasteiger charge is 2.31. The molecule has 7 nitrogen and oxygen atoms in total. The van der Waals surface area contributed by atoms with Crippen molar-refractivity contribution in [2.45, 2.75) is 24.8 Å². The molecule has 1 unspecified atom stereocenters. The van der Waals surface area contributed by atoms with Crippen LogP contribution in [0.1, 0.15) is 13.8 Å². The summed E-state index contributed by atoms with van der Waals surface area (Å²) in [6, 6.07) is -0.135. The second-order valence-electron chi connectivity index (χ2n) is 4.87. The number of likely N-dealkylation sites (N-methyl/N-ethyl adjacent to an activating group) is 2. The maximum atomic E-state index is 12.6. The molecule has 0 aliphatic heterocycles. The third kappa shape index (κ3) is 3.46. The van der Waals surface area contributed by atoms with Crippen LogP contribution in [0.4, 0.5) is 5.82 Å². The number of anilines is 1. The van der Waals surface area contributed by atoms with E-state index >= 15 is 0 Å². The van der Waals surface area contributed by atoms with Gasteiger partial charge >= 0.3 is 0 Å². The molecule has 0 spiro atoms. The van der Waals surface area contributed by atoms with Gasteiger partial charge in [0.25, 0.3) is 0 Å². The molecule has 0 amide bonds. The van der Waals surface area contributed by atoms with Gasteiger partial charge in [-0.2, -0.15) is 9.40 Å². The smallest absolute Gasteiger partial charge is 0.248 e. The summed E-state index contributed by atoms with van der Waals surface area (Å²) in [5.74, 6) is 0.0398. The third-order valence-electron chi connectivity index (χ3n) is 2.84. The highest BCUT2D eigenvalue weighted by molar-refractivity contribution is 7.89. The van der Waals surface area contributed by atoms with Gasteiger partial charge in [0.2, 0.25) is 10.0 Å². The van der Waals surface area contributed by atoms with Crippen LogP contribution in [0.15, 0.2) is 11.1 Å². The molecule has 2 N–H and O–H groups in total. The number of hydrogen-bond donors (Lipinski definition) is 1. The fraction of sp³-hybridized carbons (Fsp3) is 0.727. The van der Waals surface area contributed by atoms with Crippen molar-refractivity contribution in [2.75, 3.05) is 32.9 Å². The van der Waals surface area contributed by atoms with Crippen LogP contribution < -0.4 is 5.73 Å². The third-order valence-corrected chi connectivity index (χ3v) is 4.95. The molecule has 8 heteroatoms. The van der Waals surface area contributed by atoms with E-state index in [-0.39, 0.29) is 16.8 Å². The minimum atomic E-state index is -3.61. The fourth-order valence-electron chi connectivity index (χ4n) is 2.15. The van der Waals surface area contributed by atoms with E-state index < -0.39 is 10.0 Å². The number of nitrogens with two attached hydrogens (primary N) is 1. The summed E-state index contributed by atoms with van der Waals surface area (Å²) in [7, 11) is 1.86. The SMILES string of the molecule is CCN(C(C)CN(C)C)S(=O)(=O)c1cn(C)nc1N. The Hall–Kier alpha value is -1.12. The minimum Gasteiger partial charge on any atom is -0.381 e. The summed E-state index contributed by atoms with van der Waals surface area (Å²) < 4.78 is 28.0. The number of aromatic nitrogens is 2. The Balaban J connectivity index is 3.12. The molecule has 1 aromatic heterocycles. The molecule has 0 aliphatic carbocycles. The molecular weight excluding hydrogens is 266 g/mol. The Morgan fingerprint density at radius 2 is 2.05 bits per heavy atom. The van der Waals surface area contributed by atoms with Gasteiger partial charge in [0, 0.05) is 32.4 Å². The number of nitrogens with zero attached hydrogens (tertiary/aromatic N) is 4. The van der Waals surface area contributed by atoms with Gasteiger partial charge in [0.1, 0.15) is 4.90 Å². The summed E-state index contributed by atoms with van der Waals surface area (Å²) >= 11 is 0. The maximum Gasteiger partial charge on any atom is 0.248 e. The van der Waals surface area contributed by atoms with Gasteiger partial charge < -0.3 is 10.6 Å². The van der Waals surface area contributed by atoms with Gasteiger partial charge in [-0.15, -0.1) is 0 Å². The molecule has 110 valence electrons. The normalized spacial score (nSPS) is 14.3. The molecule has 1 atom stereocenters. The first-order valence-electron chi connectivity index (χ1n) is 6.15. The molecule has 0 aromatic carbocycles. The highest BCUT2D eigenvalue weighted by atomic mass is 32.2. The van der Waals surface area contributed by atoms with Crippen LogP contribution in [0.25, 0.3) is 0 Å². The maximum absolute atomic E-state index is 12.6. The number of hydrogen-bond acceptors (Lipinski definition) is 5.